The molecule has 0 aliphatic rings. The van der Waals surface area contributed by atoms with Crippen LogP contribution >= 0.6 is 0 Å². The number of aryl methyl sites for hydroxylation is 1. The molecule has 0 bridgehead atoms. The largest absolute Gasteiger partial charge is 0.496 e. The van der Waals surface area contributed by atoms with Gasteiger partial charge in [0.1, 0.15) is 11.5 Å². The Balaban J connectivity index is 1.39. The first-order valence-corrected chi connectivity index (χ1v) is 13.5. The number of amides is 2. The van der Waals surface area contributed by atoms with Gasteiger partial charge in [-0.3, -0.25) is 14.4 Å². The number of H-pyrrole nitrogens is 1. The number of nitrogens with one attached hydrogen (secondary N) is 3. The minimum atomic E-state index is -0.397. The first kappa shape index (κ1) is 29.2. The van der Waals surface area contributed by atoms with Crippen LogP contribution in [0.2, 0.25) is 0 Å². The summed E-state index contributed by atoms with van der Waals surface area (Å²) < 4.78 is 15.9. The van der Waals surface area contributed by atoms with Crippen LogP contribution in [0.25, 0.3) is 10.9 Å². The maximum Gasteiger partial charge on any atom is 0.310 e. The number of aromatic amines is 1. The second-order valence-corrected chi connectivity index (χ2v) is 9.59. The number of aromatic nitrogens is 1. The number of benzene rings is 3. The molecule has 3 N–H and O–H groups in total. The van der Waals surface area contributed by atoms with Gasteiger partial charge in [-0.05, 0) is 42.2 Å². The summed E-state index contributed by atoms with van der Waals surface area (Å²) >= 11 is 0. The maximum atomic E-state index is 13.0. The summed E-state index contributed by atoms with van der Waals surface area (Å²) in [7, 11) is 2.93. The molecule has 0 spiro atoms. The summed E-state index contributed by atoms with van der Waals surface area (Å²) in [5.41, 5.74) is 3.61. The van der Waals surface area contributed by atoms with Crippen LogP contribution in [-0.4, -0.2) is 56.2 Å². The molecule has 1 aromatic heterocycles. The lowest BCUT2D eigenvalue weighted by Crippen LogP contribution is -2.46. The van der Waals surface area contributed by atoms with E-state index in [9.17, 15) is 14.4 Å². The molecule has 9 nitrogen and oxygen atoms in total. The molecule has 4 aromatic rings. The van der Waals surface area contributed by atoms with E-state index < -0.39 is 5.97 Å². The quantitative estimate of drug-likeness (QED) is 0.203. The number of ether oxygens (including phenoxy) is 3. The van der Waals surface area contributed by atoms with Gasteiger partial charge in [0, 0.05) is 35.6 Å². The lowest BCUT2D eigenvalue weighted by atomic mass is 10.0. The van der Waals surface area contributed by atoms with E-state index in [0.717, 1.165) is 27.8 Å². The van der Waals surface area contributed by atoms with Crippen LogP contribution in [-0.2, 0) is 38.4 Å². The van der Waals surface area contributed by atoms with Gasteiger partial charge in [-0.1, -0.05) is 54.6 Å². The molecule has 3 aromatic carbocycles. The van der Waals surface area contributed by atoms with Crippen molar-refractivity contribution in [1.29, 1.82) is 0 Å². The fourth-order valence-corrected chi connectivity index (χ4v) is 4.65. The molecule has 1 atom stereocenters. The van der Waals surface area contributed by atoms with Crippen LogP contribution in [0.4, 0.5) is 0 Å². The number of hydrogen-bond donors (Lipinski definition) is 3. The first-order chi connectivity index (χ1) is 20.0. The van der Waals surface area contributed by atoms with Crippen molar-refractivity contribution < 1.29 is 28.6 Å². The van der Waals surface area contributed by atoms with Crippen molar-refractivity contribution in [1.82, 2.24) is 15.6 Å². The summed E-state index contributed by atoms with van der Waals surface area (Å²) in [6.45, 7) is -0.000743. The monoisotopic (exact) mass is 557 g/mol. The van der Waals surface area contributed by atoms with Gasteiger partial charge in [-0.25, -0.2) is 0 Å². The molecule has 0 fully saturated rings. The topological polar surface area (TPSA) is 119 Å². The van der Waals surface area contributed by atoms with Crippen molar-refractivity contribution >= 4 is 28.7 Å². The van der Waals surface area contributed by atoms with Crippen molar-refractivity contribution in [3.8, 4) is 11.5 Å². The first-order valence-electron chi connectivity index (χ1n) is 13.5. The lowest BCUT2D eigenvalue weighted by Gasteiger charge is -2.20. The highest BCUT2D eigenvalue weighted by atomic mass is 16.5. The molecule has 4 rings (SSSR count). The minimum absolute atomic E-state index is 0.0400. The van der Waals surface area contributed by atoms with Crippen molar-refractivity contribution in [2.45, 2.75) is 31.7 Å². The maximum absolute atomic E-state index is 13.0. The van der Waals surface area contributed by atoms with Crippen LogP contribution in [0, 0.1) is 0 Å². The van der Waals surface area contributed by atoms with E-state index in [4.69, 9.17) is 14.2 Å². The average molecular weight is 558 g/mol. The Morgan fingerprint density at radius 1 is 0.829 bits per heavy atom. The molecular weight excluding hydrogens is 522 g/mol. The number of carbonyl (C=O) groups excluding carboxylic acids is 3. The van der Waals surface area contributed by atoms with Gasteiger partial charge in [0.15, 0.2) is 6.61 Å². The second kappa shape index (κ2) is 14.6. The van der Waals surface area contributed by atoms with E-state index in [2.05, 4.69) is 15.6 Å². The SMILES string of the molecule is COC(=O)Cc1ccccc1OCC(=O)N[C@@H](CNC(=O)CCc1ccccc1OC)Cc1c[nH]c2ccccc12. The molecule has 9 heteroatoms. The standard InChI is InChI=1S/C32H35N3O6/c1-39-28-13-7-3-9-22(28)15-16-30(36)34-20-25(17-24-19-33-27-12-6-5-11-26(24)27)35-31(37)21-41-29-14-8-4-10-23(29)18-32(38)40-2/h3-14,19,25,33H,15-18,20-21H2,1-2H3,(H,34,36)(H,35,37)/t25-/m1/s1. The Morgan fingerprint density at radius 3 is 2.32 bits per heavy atom. The van der Waals surface area contributed by atoms with Gasteiger partial charge in [0.05, 0.1) is 26.7 Å². The van der Waals surface area contributed by atoms with Crippen LogP contribution in [0.5, 0.6) is 11.5 Å². The number of carbonyl (C=O) groups is 3. The third-order valence-electron chi connectivity index (χ3n) is 6.76. The summed E-state index contributed by atoms with van der Waals surface area (Å²) in [4.78, 5) is 40.7. The van der Waals surface area contributed by atoms with Gasteiger partial charge in [0.25, 0.3) is 5.91 Å². The predicted molar refractivity (Wildman–Crippen MR) is 156 cm³/mol. The van der Waals surface area contributed by atoms with E-state index in [-0.39, 0.29) is 43.8 Å². The number of rotatable bonds is 14. The Labute approximate surface area is 239 Å². The van der Waals surface area contributed by atoms with Crippen molar-refractivity contribution in [3.05, 3.63) is 95.7 Å². The van der Waals surface area contributed by atoms with Crippen molar-refractivity contribution in [2.75, 3.05) is 27.4 Å². The van der Waals surface area contributed by atoms with E-state index in [0.29, 0.717) is 24.2 Å². The number of fused-ring (bicyclic) bond motifs is 1. The number of hydrogen-bond acceptors (Lipinski definition) is 6. The zero-order valence-electron chi connectivity index (χ0n) is 23.3. The van der Waals surface area contributed by atoms with Gasteiger partial charge in [-0.2, -0.15) is 0 Å². The molecule has 0 radical (unpaired) electrons. The van der Waals surface area contributed by atoms with Gasteiger partial charge >= 0.3 is 5.97 Å². The fourth-order valence-electron chi connectivity index (χ4n) is 4.65. The number of para-hydroxylation sites is 3. The average Bonchev–Trinajstić information content (AvgIpc) is 3.41. The van der Waals surface area contributed by atoms with Crippen LogP contribution in [0.15, 0.2) is 79.0 Å². The Kier molecular flexibility index (Phi) is 10.4. The van der Waals surface area contributed by atoms with E-state index >= 15 is 0 Å². The molecule has 1 heterocycles. The molecule has 0 saturated heterocycles. The highest BCUT2D eigenvalue weighted by Gasteiger charge is 2.18. The van der Waals surface area contributed by atoms with Crippen LogP contribution < -0.4 is 20.1 Å². The predicted octanol–water partition coefficient (Wildman–Crippen LogP) is 3.75. The summed E-state index contributed by atoms with van der Waals surface area (Å²) in [6, 6.07) is 22.2. The molecule has 0 unspecified atom stereocenters. The fraction of sp³-hybridized carbons (Fsp3) is 0.281. The third kappa shape index (κ3) is 8.35. The molecule has 41 heavy (non-hydrogen) atoms. The molecule has 0 saturated carbocycles. The highest BCUT2D eigenvalue weighted by molar-refractivity contribution is 5.83. The molecule has 0 aliphatic heterocycles. The normalized spacial score (nSPS) is 11.5. The number of esters is 1. The Bertz CT molecular complexity index is 1480. The van der Waals surface area contributed by atoms with Gasteiger partial charge in [-0.15, -0.1) is 0 Å². The minimum Gasteiger partial charge on any atom is -0.496 e. The zero-order valence-corrected chi connectivity index (χ0v) is 23.3. The van der Waals surface area contributed by atoms with Crippen molar-refractivity contribution in [3.63, 3.8) is 0 Å². The van der Waals surface area contributed by atoms with Crippen LogP contribution in [0.3, 0.4) is 0 Å². The summed E-state index contributed by atoms with van der Waals surface area (Å²) in [5, 5.41) is 7.03. The summed E-state index contributed by atoms with van der Waals surface area (Å²) in [6.07, 6.45) is 3.29. The second-order valence-electron chi connectivity index (χ2n) is 9.59. The number of methoxy groups -OCH3 is 2. The van der Waals surface area contributed by atoms with E-state index in [1.165, 1.54) is 7.11 Å². The van der Waals surface area contributed by atoms with Gasteiger partial charge in [0.2, 0.25) is 5.91 Å². The Morgan fingerprint density at radius 2 is 1.54 bits per heavy atom. The van der Waals surface area contributed by atoms with Crippen molar-refractivity contribution in [2.24, 2.45) is 0 Å². The van der Waals surface area contributed by atoms with E-state index in [1.54, 1.807) is 31.4 Å². The highest BCUT2D eigenvalue weighted by Crippen LogP contribution is 2.21. The lowest BCUT2D eigenvalue weighted by molar-refractivity contribution is -0.139. The summed E-state index contributed by atoms with van der Waals surface area (Å²) in [5.74, 6) is 0.322. The zero-order chi connectivity index (χ0) is 29.0. The van der Waals surface area contributed by atoms with E-state index in [1.807, 2.05) is 54.7 Å². The molecule has 2 amide bonds. The Hall–Kier alpha value is -4.79. The molecular formula is C32H35N3O6. The van der Waals surface area contributed by atoms with Gasteiger partial charge < -0.3 is 29.8 Å². The van der Waals surface area contributed by atoms with Crippen LogP contribution in [0.1, 0.15) is 23.1 Å². The molecule has 0 aliphatic carbocycles. The smallest absolute Gasteiger partial charge is 0.310 e. The third-order valence-corrected chi connectivity index (χ3v) is 6.76. The molecule has 214 valence electrons.